The molecule has 4 saturated heterocycles. The van der Waals surface area contributed by atoms with E-state index < -0.39 is 64.2 Å². The minimum atomic E-state index is -0.770. The van der Waals surface area contributed by atoms with Crippen molar-refractivity contribution in [1.82, 2.24) is 34.7 Å². The Labute approximate surface area is 678 Å². The number of unbranched alkanes of at least 4 members (excludes halogenated alkanes) is 8. The average Bonchev–Trinajstić information content (AvgIpc) is 0.836. The molecule has 4 fully saturated rings. The summed E-state index contributed by atoms with van der Waals surface area (Å²) >= 11 is 7.96. The predicted octanol–water partition coefficient (Wildman–Crippen LogP) is 11.1. The second kappa shape index (κ2) is 67.4. The monoisotopic (exact) mass is 1700 g/mol. The van der Waals surface area contributed by atoms with Crippen LogP contribution in [-0.2, 0) is 71.5 Å². The maximum absolute atomic E-state index is 12.6. The van der Waals surface area contributed by atoms with Gasteiger partial charge in [-0.1, -0.05) is 69.0 Å². The molecule has 0 aromatic rings. The summed E-state index contributed by atoms with van der Waals surface area (Å²) < 4.78 is 40.2. The van der Waals surface area contributed by atoms with Crippen LogP contribution in [0.5, 0.6) is 0 Å². The van der Waals surface area contributed by atoms with Crippen LogP contribution in [0.25, 0.3) is 41.8 Å². The van der Waals surface area contributed by atoms with Gasteiger partial charge < -0.3 is 78.1 Å². The zero-order chi connectivity index (χ0) is 86.1. The number of carboxylic acids is 1. The summed E-state index contributed by atoms with van der Waals surface area (Å²) in [6, 6.07) is -1.05. The fraction of sp³-hybridized carbons (Fsp3) is 0.859. The van der Waals surface area contributed by atoms with Crippen LogP contribution in [0.3, 0.4) is 0 Å². The summed E-state index contributed by atoms with van der Waals surface area (Å²) in [5.41, 5.74) is 30.8. The second-order valence-electron chi connectivity index (χ2n) is 28.8. The van der Waals surface area contributed by atoms with Gasteiger partial charge in [-0.15, -0.1) is 0 Å². The normalized spacial score (nSPS) is 16.4. The number of esters is 2. The number of ether oxygens (including phenoxy) is 8. The van der Waals surface area contributed by atoms with E-state index in [0.29, 0.717) is 117 Å². The molecule has 4 aliphatic heterocycles. The molecular weight excluding hydrogens is 1570 g/mol. The molecule has 0 bridgehead atoms. The predicted molar refractivity (Wildman–Crippen MR) is 425 cm³/mol. The first-order valence-corrected chi connectivity index (χ1v) is 39.6. The number of hydrogen-bond donors (Lipinski definition) is 4. The molecule has 40 nitrogen and oxygen atoms in total. The lowest BCUT2D eigenvalue weighted by molar-refractivity contribution is -0.151. The van der Waals surface area contributed by atoms with E-state index in [1.807, 2.05) is 27.7 Å². The Morgan fingerprint density at radius 2 is 0.814 bits per heavy atom. The molecule has 42 heteroatoms. The molecule has 4 aliphatic rings. The number of aliphatic hydroxyl groups is 2. The van der Waals surface area contributed by atoms with Crippen molar-refractivity contribution in [1.29, 1.82) is 0 Å². The van der Waals surface area contributed by atoms with Crippen LogP contribution < -0.4 is 5.32 Å². The SMILES string of the molecule is CC(C)(C)OC(=O)N1CCCCC1CO.CC(C)(C)OC(=O)N1CCN(C(=O)CCCCCN=[N+]=[N-])CC1CO.CCBr.COCC(=O)Cl.COCC(=O)OCC1CN(C(=O)CCCCCN=[N+]=[N-])CCN1.COCC(=O)OCC1CN(C(=O)CCCCCN=[N+]=[N-])CCN1C(=O)OC(C)(C)C.[N-]=[N+]=NCCCCCC(=O)O. The molecule has 0 aromatic heterocycles. The Kier molecular flexibility index (Phi) is 65.2. The lowest BCUT2D eigenvalue weighted by Crippen LogP contribution is -2.59. The molecule has 4 unspecified atom stereocenters. The first-order valence-electron chi connectivity index (χ1n) is 38.1. The second-order valence-corrected chi connectivity index (χ2v) is 30.3. The average molecular weight is 1700 g/mol. The van der Waals surface area contributed by atoms with Gasteiger partial charge >= 0.3 is 36.2 Å². The topological polar surface area (TPSA) is 532 Å². The molecule has 0 spiro atoms. The van der Waals surface area contributed by atoms with E-state index in [2.05, 4.69) is 66.1 Å². The fourth-order valence-electron chi connectivity index (χ4n) is 10.5. The van der Waals surface area contributed by atoms with E-state index in [-0.39, 0.29) is 95.1 Å². The van der Waals surface area contributed by atoms with Gasteiger partial charge in [-0.3, -0.25) is 33.8 Å². The number of likely N-dealkylation sites (tertiary alicyclic amines) is 1. The first-order chi connectivity index (χ1) is 53.5. The number of carboxylic acid groups (broad SMARTS) is 1. The van der Waals surface area contributed by atoms with Gasteiger partial charge in [-0.2, -0.15) is 0 Å². The standard InChI is InChI=1S/C19H33N5O6.C16H29N5O4.C14H25N5O4.C11H21NO3.C6H11N3O2.C3H5ClO2.C2H5Br/c1-19(2,3)30-18(27)24-11-10-23(12-15(24)13-29-17(26)14-28-4)16(25)8-6-5-7-9-21-22-20;1-16(2,3)25-15(24)21-10-9-20(11-13(21)12-22)14(23)7-5-4-6-8-18-19-17;1-22-11-14(21)23-10-12-9-19(8-7-16-12)13(20)5-3-2-4-6-17-18-15;1-11(2,3)15-10(14)12-7-5-4-6-9(12)8-13;7-9-8-5-3-1-2-4-6(10)11;1-6-2-3(4)5;1-2-3/h15H,5-14H2,1-4H3;13,22H,4-12H2,1-3H3;12,16H,2-11H2,1H3;9,13H,4-8H2,1-3H3;1-5H2,(H,10,11);2H2,1H3;2H2,1H3. The molecule has 648 valence electrons. The molecule has 4 atom stereocenters. The molecule has 0 aromatic carbocycles. The molecule has 4 heterocycles. The van der Waals surface area contributed by atoms with Gasteiger partial charge in [-0.05, 0) is 167 Å². The van der Waals surface area contributed by atoms with Gasteiger partial charge in [0.1, 0.15) is 49.8 Å². The fourth-order valence-corrected chi connectivity index (χ4v) is 10.6. The van der Waals surface area contributed by atoms with Gasteiger partial charge in [0.05, 0.1) is 37.4 Å². The molecule has 0 radical (unpaired) electrons. The molecule has 0 aliphatic carbocycles. The lowest BCUT2D eigenvalue weighted by atomic mass is 10.0. The third-order valence-corrected chi connectivity index (χ3v) is 15.8. The van der Waals surface area contributed by atoms with E-state index in [1.165, 1.54) is 31.1 Å². The van der Waals surface area contributed by atoms with E-state index >= 15 is 0 Å². The van der Waals surface area contributed by atoms with E-state index in [4.69, 9.17) is 77.1 Å². The highest BCUT2D eigenvalue weighted by Crippen LogP contribution is 2.22. The van der Waals surface area contributed by atoms with Gasteiger partial charge in [0, 0.05) is 164 Å². The summed E-state index contributed by atoms with van der Waals surface area (Å²) in [5, 5.41) is 44.5. The highest BCUT2D eigenvalue weighted by atomic mass is 79.9. The van der Waals surface area contributed by atoms with Crippen molar-refractivity contribution < 1.29 is 101 Å². The Hall–Kier alpha value is -7.93. The summed E-state index contributed by atoms with van der Waals surface area (Å²) in [5.74, 6) is -1.60. The molecular formula is C71H129BrClN19O21. The van der Waals surface area contributed by atoms with Gasteiger partial charge in [0.2, 0.25) is 23.0 Å². The number of methoxy groups -OCH3 is 3. The highest BCUT2D eigenvalue weighted by Gasteiger charge is 2.37. The number of rotatable bonds is 36. The Morgan fingerprint density at radius 1 is 0.469 bits per heavy atom. The number of nitrogens with one attached hydrogen (secondary N) is 1. The van der Waals surface area contributed by atoms with Crippen molar-refractivity contribution in [2.75, 3.05) is 165 Å². The van der Waals surface area contributed by atoms with Crippen LogP contribution in [0, 0.1) is 0 Å². The third kappa shape index (κ3) is 61.2. The van der Waals surface area contributed by atoms with Crippen LogP contribution in [0.1, 0.15) is 191 Å². The van der Waals surface area contributed by atoms with Gasteiger partial charge in [-0.25, -0.2) is 24.0 Å². The lowest BCUT2D eigenvalue weighted by Gasteiger charge is -2.41. The van der Waals surface area contributed by atoms with Crippen molar-refractivity contribution in [2.24, 2.45) is 20.5 Å². The summed E-state index contributed by atoms with van der Waals surface area (Å²) in [6.45, 7) is 24.5. The Balaban J connectivity index is -0.00000134. The van der Waals surface area contributed by atoms with Crippen LogP contribution in [0.15, 0.2) is 20.5 Å². The Bertz CT molecular complexity index is 2930. The van der Waals surface area contributed by atoms with Crippen molar-refractivity contribution in [2.45, 2.75) is 232 Å². The number of hydrogen-bond acceptors (Lipinski definition) is 25. The first kappa shape index (κ1) is 109. The van der Waals surface area contributed by atoms with Crippen molar-refractivity contribution in [3.8, 4) is 0 Å². The van der Waals surface area contributed by atoms with Crippen molar-refractivity contribution in [3.63, 3.8) is 0 Å². The van der Waals surface area contributed by atoms with Crippen LogP contribution >= 0.6 is 27.5 Å². The summed E-state index contributed by atoms with van der Waals surface area (Å²) in [7, 11) is 4.25. The van der Waals surface area contributed by atoms with Crippen LogP contribution in [-0.4, -0.2) is 309 Å². The Morgan fingerprint density at radius 3 is 1.15 bits per heavy atom. The highest BCUT2D eigenvalue weighted by molar-refractivity contribution is 9.09. The number of carbonyl (C=O) groups excluding carboxylic acids is 9. The van der Waals surface area contributed by atoms with Crippen molar-refractivity contribution >= 4 is 86.7 Å². The quantitative estimate of drug-likeness (QED) is 0.00661. The zero-order valence-electron chi connectivity index (χ0n) is 68.8. The van der Waals surface area contributed by atoms with E-state index in [1.54, 1.807) is 61.1 Å². The largest absolute Gasteiger partial charge is 0.481 e. The number of carbonyl (C=O) groups is 10. The van der Waals surface area contributed by atoms with E-state index in [0.717, 1.165) is 88.8 Å². The number of piperazine rings is 3. The number of halogens is 2. The number of aliphatic carboxylic acids is 1. The van der Waals surface area contributed by atoms with Gasteiger partial charge in [0.15, 0.2) is 0 Å². The minimum Gasteiger partial charge on any atom is -0.481 e. The molecule has 4 N–H and O–H groups in total. The maximum Gasteiger partial charge on any atom is 0.410 e. The smallest absolute Gasteiger partial charge is 0.410 e. The van der Waals surface area contributed by atoms with Crippen LogP contribution in [0.2, 0.25) is 0 Å². The molecule has 0 saturated carbocycles. The number of azide groups is 4. The zero-order valence-corrected chi connectivity index (χ0v) is 71.1. The van der Waals surface area contributed by atoms with Crippen molar-refractivity contribution in [3.05, 3.63) is 41.8 Å². The number of amides is 6. The number of nitrogens with zero attached hydrogens (tertiary/aromatic N) is 18. The van der Waals surface area contributed by atoms with Crippen LogP contribution in [0.4, 0.5) is 14.4 Å². The molecule has 113 heavy (non-hydrogen) atoms. The minimum absolute atomic E-state index is 0.00154. The van der Waals surface area contributed by atoms with Gasteiger partial charge in [0.25, 0.3) is 0 Å². The number of aliphatic hydroxyl groups excluding tert-OH is 2. The molecule has 6 amide bonds. The molecule has 4 rings (SSSR count). The third-order valence-electron chi connectivity index (χ3n) is 15.7. The maximum atomic E-state index is 12.6. The van der Waals surface area contributed by atoms with E-state index in [9.17, 15) is 53.1 Å². The summed E-state index contributed by atoms with van der Waals surface area (Å²) in [4.78, 5) is 137. The number of alkyl halides is 1. The summed E-state index contributed by atoms with van der Waals surface area (Å²) in [6.07, 6.45) is 12.4. The number of piperidine rings is 1.